The average Bonchev–Trinajstić information content (AvgIpc) is 3.42. The Bertz CT molecular complexity index is 1760. The lowest BCUT2D eigenvalue weighted by Crippen LogP contribution is -2.13. The highest BCUT2D eigenvalue weighted by Gasteiger charge is 2.14. The van der Waals surface area contributed by atoms with Crippen molar-refractivity contribution in [3.8, 4) is 5.69 Å². The Hall–Kier alpha value is -3.72. The number of nitrogens with zero attached hydrogens (tertiary/aromatic N) is 5. The van der Waals surface area contributed by atoms with Gasteiger partial charge in [0.2, 0.25) is 0 Å². The highest BCUT2D eigenvalue weighted by atomic mass is 35.5. The molecule has 0 spiro atoms. The maximum Gasteiger partial charge on any atom is 0.308 e. The van der Waals surface area contributed by atoms with E-state index in [1.54, 1.807) is 27.6 Å². The SMILES string of the molecule is O=c1sc2cc(Nc3ncnc4c3cnn4-c3ccccc3)ccc2n1Cc1ccc(Cl)cc1Cl. The molecular formula is C25H16Cl2N6OS. The monoisotopic (exact) mass is 518 g/mol. The van der Waals surface area contributed by atoms with Crippen LogP contribution in [-0.2, 0) is 6.54 Å². The molecule has 0 amide bonds. The molecule has 0 radical (unpaired) electrons. The summed E-state index contributed by atoms with van der Waals surface area (Å²) in [6.45, 7) is 0.368. The molecule has 10 heteroatoms. The number of halogens is 2. The van der Waals surface area contributed by atoms with Gasteiger partial charge in [0, 0.05) is 15.7 Å². The van der Waals surface area contributed by atoms with Crippen LogP contribution in [-0.4, -0.2) is 24.3 Å². The Kier molecular flexibility index (Phi) is 5.49. The van der Waals surface area contributed by atoms with Crippen molar-refractivity contribution in [3.05, 3.63) is 105 Å². The normalized spacial score (nSPS) is 11.4. The van der Waals surface area contributed by atoms with Crippen molar-refractivity contribution in [2.75, 3.05) is 5.32 Å². The molecule has 0 aliphatic rings. The summed E-state index contributed by atoms with van der Waals surface area (Å²) >= 11 is 13.5. The van der Waals surface area contributed by atoms with E-state index in [-0.39, 0.29) is 4.87 Å². The fourth-order valence-corrected chi connectivity index (χ4v) is 5.35. The zero-order valence-electron chi connectivity index (χ0n) is 18.0. The van der Waals surface area contributed by atoms with Crippen LogP contribution in [0.3, 0.4) is 0 Å². The van der Waals surface area contributed by atoms with Gasteiger partial charge < -0.3 is 5.32 Å². The topological polar surface area (TPSA) is 77.6 Å². The van der Waals surface area contributed by atoms with E-state index in [0.717, 1.165) is 32.5 Å². The first-order valence-electron chi connectivity index (χ1n) is 10.7. The summed E-state index contributed by atoms with van der Waals surface area (Å²) in [5.41, 5.74) is 4.09. The number of fused-ring (bicyclic) bond motifs is 2. The van der Waals surface area contributed by atoms with Crippen LogP contribution in [0.15, 0.2) is 84.0 Å². The lowest BCUT2D eigenvalue weighted by Gasteiger charge is -2.09. The Morgan fingerprint density at radius 1 is 0.971 bits per heavy atom. The molecule has 0 unspecified atom stereocenters. The molecule has 3 aromatic carbocycles. The van der Waals surface area contributed by atoms with Crippen molar-refractivity contribution in [2.24, 2.45) is 0 Å². The molecule has 0 aliphatic heterocycles. The van der Waals surface area contributed by atoms with E-state index in [2.05, 4.69) is 20.4 Å². The zero-order valence-corrected chi connectivity index (χ0v) is 20.3. The lowest BCUT2D eigenvalue weighted by atomic mass is 10.2. The summed E-state index contributed by atoms with van der Waals surface area (Å²) < 4.78 is 4.35. The summed E-state index contributed by atoms with van der Waals surface area (Å²) in [6, 6.07) is 20.9. The molecule has 1 N–H and O–H groups in total. The van der Waals surface area contributed by atoms with Crippen molar-refractivity contribution >= 4 is 67.3 Å². The van der Waals surface area contributed by atoms with Crippen molar-refractivity contribution < 1.29 is 0 Å². The Morgan fingerprint density at radius 3 is 2.66 bits per heavy atom. The van der Waals surface area contributed by atoms with Crippen molar-refractivity contribution in [3.63, 3.8) is 0 Å². The third-order valence-electron chi connectivity index (χ3n) is 5.64. The number of rotatable bonds is 5. The third kappa shape index (κ3) is 4.05. The second-order valence-electron chi connectivity index (χ2n) is 7.85. The quantitative estimate of drug-likeness (QED) is 0.290. The number of anilines is 2. The molecular weight excluding hydrogens is 503 g/mol. The van der Waals surface area contributed by atoms with Crippen LogP contribution in [0.4, 0.5) is 11.5 Å². The van der Waals surface area contributed by atoms with Gasteiger partial charge in [-0.2, -0.15) is 5.10 Å². The van der Waals surface area contributed by atoms with Crippen LogP contribution < -0.4 is 10.2 Å². The fraction of sp³-hybridized carbons (Fsp3) is 0.0400. The average molecular weight is 519 g/mol. The molecule has 7 nitrogen and oxygen atoms in total. The number of aromatic nitrogens is 5. The number of para-hydroxylation sites is 1. The van der Waals surface area contributed by atoms with Gasteiger partial charge in [0.1, 0.15) is 12.1 Å². The van der Waals surface area contributed by atoms with Crippen LogP contribution in [0.5, 0.6) is 0 Å². The molecule has 0 aliphatic carbocycles. The second-order valence-corrected chi connectivity index (χ2v) is 9.69. The second kappa shape index (κ2) is 8.81. The van der Waals surface area contributed by atoms with Crippen LogP contribution in [0, 0.1) is 0 Å². The predicted molar refractivity (Wildman–Crippen MR) is 142 cm³/mol. The van der Waals surface area contributed by atoms with E-state index in [9.17, 15) is 4.79 Å². The van der Waals surface area contributed by atoms with E-state index in [4.69, 9.17) is 23.2 Å². The lowest BCUT2D eigenvalue weighted by molar-refractivity contribution is 0.816. The largest absolute Gasteiger partial charge is 0.339 e. The Balaban J connectivity index is 1.34. The van der Waals surface area contributed by atoms with Crippen LogP contribution >= 0.6 is 34.5 Å². The number of hydrogen-bond donors (Lipinski definition) is 1. The van der Waals surface area contributed by atoms with Crippen LogP contribution in [0.1, 0.15) is 5.56 Å². The van der Waals surface area contributed by atoms with Gasteiger partial charge in [0.05, 0.1) is 34.0 Å². The summed E-state index contributed by atoms with van der Waals surface area (Å²) in [5, 5.41) is 9.74. The van der Waals surface area contributed by atoms with Crippen molar-refractivity contribution in [1.82, 2.24) is 24.3 Å². The molecule has 0 atom stereocenters. The Morgan fingerprint density at radius 2 is 1.83 bits per heavy atom. The summed E-state index contributed by atoms with van der Waals surface area (Å²) in [5.74, 6) is 0.635. The molecule has 0 saturated heterocycles. The molecule has 6 aromatic rings. The first-order valence-corrected chi connectivity index (χ1v) is 12.2. The molecule has 3 heterocycles. The number of hydrogen-bond acceptors (Lipinski definition) is 6. The molecule has 0 bridgehead atoms. The smallest absolute Gasteiger partial charge is 0.308 e. The van der Waals surface area contributed by atoms with Gasteiger partial charge in [0.15, 0.2) is 5.65 Å². The van der Waals surface area contributed by atoms with Gasteiger partial charge in [-0.05, 0) is 48.0 Å². The molecule has 0 fully saturated rings. The first kappa shape index (κ1) is 21.8. The van der Waals surface area contributed by atoms with E-state index in [1.165, 1.54) is 17.7 Å². The summed E-state index contributed by atoms with van der Waals surface area (Å²) in [4.78, 5) is 21.5. The van der Waals surface area contributed by atoms with Gasteiger partial charge in [-0.25, -0.2) is 14.6 Å². The van der Waals surface area contributed by atoms with Gasteiger partial charge in [0.25, 0.3) is 0 Å². The molecule has 0 saturated carbocycles. The van der Waals surface area contributed by atoms with Crippen LogP contribution in [0.25, 0.3) is 26.9 Å². The minimum Gasteiger partial charge on any atom is -0.339 e. The van der Waals surface area contributed by atoms with Gasteiger partial charge in [-0.3, -0.25) is 9.36 Å². The number of thiazole rings is 1. The predicted octanol–water partition coefficient (Wildman–Crippen LogP) is 6.29. The highest BCUT2D eigenvalue weighted by molar-refractivity contribution is 7.16. The Labute approximate surface area is 213 Å². The molecule has 6 rings (SSSR count). The van der Waals surface area contributed by atoms with E-state index >= 15 is 0 Å². The van der Waals surface area contributed by atoms with Crippen LogP contribution in [0.2, 0.25) is 10.0 Å². The summed E-state index contributed by atoms with van der Waals surface area (Å²) in [6.07, 6.45) is 3.25. The summed E-state index contributed by atoms with van der Waals surface area (Å²) in [7, 11) is 0. The molecule has 35 heavy (non-hydrogen) atoms. The van der Waals surface area contributed by atoms with Gasteiger partial charge in [-0.1, -0.05) is 58.8 Å². The van der Waals surface area contributed by atoms with E-state index in [1.807, 2.05) is 54.6 Å². The zero-order chi connectivity index (χ0) is 23.9. The molecule has 172 valence electrons. The van der Waals surface area contributed by atoms with E-state index < -0.39 is 0 Å². The molecule has 3 aromatic heterocycles. The van der Waals surface area contributed by atoms with E-state index in [0.29, 0.717) is 28.1 Å². The fourth-order valence-electron chi connectivity index (χ4n) is 3.95. The first-order chi connectivity index (χ1) is 17.1. The number of nitrogens with one attached hydrogen (secondary N) is 1. The minimum absolute atomic E-state index is 0.0586. The van der Waals surface area contributed by atoms with Gasteiger partial charge >= 0.3 is 4.87 Å². The maximum atomic E-state index is 12.8. The van der Waals surface area contributed by atoms with Crippen molar-refractivity contribution in [2.45, 2.75) is 6.54 Å². The standard InChI is InChI=1S/C25H16Cl2N6OS/c26-16-7-6-15(20(27)10-16)13-32-21-9-8-17(11-22(21)35-25(32)34)31-23-19-12-30-33(24(19)29-14-28-23)18-4-2-1-3-5-18/h1-12,14H,13H2,(H,28,29,31). The van der Waals surface area contributed by atoms with Crippen molar-refractivity contribution in [1.29, 1.82) is 0 Å². The van der Waals surface area contributed by atoms with Gasteiger partial charge in [-0.15, -0.1) is 0 Å². The maximum absolute atomic E-state index is 12.8. The third-order valence-corrected chi connectivity index (χ3v) is 7.17. The minimum atomic E-state index is -0.0586. The number of benzene rings is 3. The highest BCUT2D eigenvalue weighted by Crippen LogP contribution is 2.29.